The fraction of sp³-hybridized carbons (Fsp3) is 0.165. The van der Waals surface area contributed by atoms with Crippen LogP contribution in [0.1, 0.15) is 101 Å². The van der Waals surface area contributed by atoms with Gasteiger partial charge in [-0.15, -0.1) is 0 Å². The maximum atomic E-state index is 7.24. The van der Waals surface area contributed by atoms with Crippen molar-refractivity contribution in [1.29, 1.82) is 0 Å². The van der Waals surface area contributed by atoms with E-state index in [-0.39, 0.29) is 16.2 Å². The van der Waals surface area contributed by atoms with Crippen LogP contribution >= 0.6 is 0 Å². The molecule has 0 amide bonds. The zero-order valence-corrected chi connectivity index (χ0v) is 52.5. The van der Waals surface area contributed by atoms with E-state index in [0.717, 1.165) is 82.9 Å². The van der Waals surface area contributed by atoms with E-state index in [0.29, 0.717) is 5.75 Å². The molecule has 0 unspecified atom stereocenters. The molecule has 1 spiro atoms. The summed E-state index contributed by atoms with van der Waals surface area (Å²) >= 11 is 2.55. The van der Waals surface area contributed by atoms with Gasteiger partial charge >= 0.3 is 331 Å². The molecule has 2 aliphatic rings. The molecule has 0 aliphatic carbocycles. The standard InChI is InChI=1S/C79H69N5O.Pt/c1-76(2,3)55-39-41-58(42-40-55)83-68-34-19-16-31-64(68)79(65-32-17-20-35-69(65)83)66-33-18-21-36-70(66)84(74-49-56(45-46-80-74)77(4,5)6)73-51-61(43-44-67(73)79)85-60-30-24-29-59(50-60)81-52-82(72-38-23-22-37-71(72)81)75-62(53-25-12-10-13-26-53)47-57(78(7,8)9)48-63(75)54-27-14-11-15-28-54;/h10-51H,1-9H3;. The third kappa shape index (κ3) is 9.11. The van der Waals surface area contributed by atoms with Crippen molar-refractivity contribution in [2.75, 3.05) is 9.80 Å². The van der Waals surface area contributed by atoms with Crippen LogP contribution in [-0.4, -0.2) is 14.1 Å². The molecule has 12 aromatic rings. The van der Waals surface area contributed by atoms with Gasteiger partial charge < -0.3 is 4.90 Å². The summed E-state index contributed by atoms with van der Waals surface area (Å²) in [7, 11) is 0. The predicted octanol–water partition coefficient (Wildman–Crippen LogP) is 20.9. The van der Waals surface area contributed by atoms with Crippen molar-refractivity contribution in [2.45, 2.75) is 84.0 Å². The fourth-order valence-electron chi connectivity index (χ4n) is 13.2. The summed E-state index contributed by atoms with van der Waals surface area (Å²) in [6, 6.07) is 91.1. The van der Waals surface area contributed by atoms with Crippen LogP contribution in [0, 0.1) is 3.80 Å². The number of hydrogen-bond acceptors (Lipinski definition) is 4. The first kappa shape index (κ1) is 54.8. The van der Waals surface area contributed by atoms with Crippen LogP contribution in [0.15, 0.2) is 255 Å². The Balaban J connectivity index is 0.948. The minimum Gasteiger partial charge on any atom is -0.0564 e. The number of para-hydroxylation sites is 5. The minimum atomic E-state index is -0.743. The molecule has 14 rings (SSSR count). The van der Waals surface area contributed by atoms with Crippen LogP contribution in [0.2, 0.25) is 0 Å². The Hall–Kier alpha value is -9.09. The van der Waals surface area contributed by atoms with Crippen molar-refractivity contribution in [3.05, 3.63) is 298 Å². The number of nitrogens with zero attached hydrogens (tertiary/aromatic N) is 5. The van der Waals surface area contributed by atoms with E-state index in [1.807, 2.05) is 6.20 Å². The molecule has 2 aromatic heterocycles. The Bertz CT molecular complexity index is 4540. The predicted molar refractivity (Wildman–Crippen MR) is 352 cm³/mol. The van der Waals surface area contributed by atoms with Crippen molar-refractivity contribution < 1.29 is 24.1 Å². The summed E-state index contributed by atoms with van der Waals surface area (Å²) in [5.74, 6) is 2.28. The van der Waals surface area contributed by atoms with Gasteiger partial charge in [0.25, 0.3) is 0 Å². The van der Waals surface area contributed by atoms with E-state index < -0.39 is 5.41 Å². The number of aromatic nitrogens is 3. The largest absolute Gasteiger partial charge is 0.0564 e. The van der Waals surface area contributed by atoms with E-state index in [1.165, 1.54) is 44.5 Å². The Labute approximate surface area is 516 Å². The van der Waals surface area contributed by atoms with Crippen LogP contribution in [0.3, 0.4) is 0 Å². The smallest absolute Gasteiger partial charge is 0.0377 e. The van der Waals surface area contributed by atoms with Gasteiger partial charge in [-0.3, -0.25) is 0 Å². The molecule has 0 saturated heterocycles. The number of hydrogen-bond donors (Lipinski definition) is 0. The fourth-order valence-corrected chi connectivity index (χ4v) is 14.3. The zero-order valence-electron chi connectivity index (χ0n) is 50.2. The van der Waals surface area contributed by atoms with Crippen LogP contribution in [-0.2, 0) is 41.0 Å². The van der Waals surface area contributed by atoms with Gasteiger partial charge in [-0.1, -0.05) is 108 Å². The average molecular weight is 1300 g/mol. The normalized spacial score (nSPS) is 13.5. The molecule has 0 bridgehead atoms. The number of ether oxygens (including phenoxy) is 1. The maximum absolute atomic E-state index is 7.24. The number of anilines is 6. The molecular formula is C79H69N5OPt. The summed E-state index contributed by atoms with van der Waals surface area (Å²) in [6.45, 7) is 20.5. The second-order valence-electron chi connectivity index (χ2n) is 26.0. The second-order valence-corrected chi connectivity index (χ2v) is 27.0. The van der Waals surface area contributed by atoms with E-state index in [1.54, 1.807) is 0 Å². The zero-order chi connectivity index (χ0) is 59.3. The Morgan fingerprint density at radius 2 is 0.860 bits per heavy atom. The first-order valence-electron chi connectivity index (χ1n) is 29.8. The first-order valence-corrected chi connectivity index (χ1v) is 31.0. The number of imidazole rings is 1. The van der Waals surface area contributed by atoms with Crippen LogP contribution in [0.25, 0.3) is 44.7 Å². The van der Waals surface area contributed by atoms with E-state index in [9.17, 15) is 0 Å². The van der Waals surface area contributed by atoms with Gasteiger partial charge in [-0.05, 0) is 52.3 Å². The van der Waals surface area contributed by atoms with E-state index in [4.69, 9.17) is 9.72 Å². The average Bonchev–Trinajstić information content (AvgIpc) is 0.824. The van der Waals surface area contributed by atoms with Gasteiger partial charge in [0.15, 0.2) is 0 Å². The molecule has 4 heterocycles. The van der Waals surface area contributed by atoms with Crippen molar-refractivity contribution in [1.82, 2.24) is 14.1 Å². The molecule has 6 nitrogen and oxygen atoms in total. The number of pyridine rings is 1. The van der Waals surface area contributed by atoms with Gasteiger partial charge in [0.2, 0.25) is 0 Å². The number of fused-ring (bicyclic) bond motifs is 9. The SMILES string of the molecule is CC(C)(C)c1ccc(N2c3ccccc3C3(c4ccccc42)c2ccccc2N(c2cc(C(C)(C)C)ccn2)c2cc(Oc4cccc(-n5[c](=[Pt])n(-c6c(-c7ccccc7)cc(C(C)(C)C)cc6-c6ccccc6)c6ccccc65)c4)ccc23)cc1. The van der Waals surface area contributed by atoms with Gasteiger partial charge in [-0.2, -0.15) is 0 Å². The Morgan fingerprint density at radius 1 is 0.372 bits per heavy atom. The van der Waals surface area contributed by atoms with Gasteiger partial charge in [-0.25, -0.2) is 0 Å². The summed E-state index contributed by atoms with van der Waals surface area (Å²) in [5.41, 5.74) is 22.0. The third-order valence-corrected chi connectivity index (χ3v) is 18.5. The maximum Gasteiger partial charge on any atom is -0.0377 e. The molecule has 0 saturated carbocycles. The molecule has 10 aromatic carbocycles. The number of rotatable bonds is 8. The van der Waals surface area contributed by atoms with Crippen molar-refractivity contribution in [3.63, 3.8) is 0 Å². The molecule has 426 valence electrons. The molecule has 0 radical (unpaired) electrons. The van der Waals surface area contributed by atoms with Crippen LogP contribution in [0.5, 0.6) is 11.5 Å². The summed E-state index contributed by atoms with van der Waals surface area (Å²) < 4.78 is 13.1. The first-order chi connectivity index (χ1) is 41.5. The van der Waals surface area contributed by atoms with Gasteiger partial charge in [0.05, 0.1) is 11.4 Å². The van der Waals surface area contributed by atoms with E-state index in [2.05, 4.69) is 349 Å². The van der Waals surface area contributed by atoms with Crippen LogP contribution < -0.4 is 14.5 Å². The molecule has 0 fully saturated rings. The van der Waals surface area contributed by atoms with Gasteiger partial charge in [0, 0.05) is 11.9 Å². The Morgan fingerprint density at radius 3 is 1.42 bits per heavy atom. The van der Waals surface area contributed by atoms with Crippen molar-refractivity contribution in [2.24, 2.45) is 0 Å². The molecule has 0 atom stereocenters. The molecular weight excluding hydrogens is 1230 g/mol. The van der Waals surface area contributed by atoms with Crippen molar-refractivity contribution >= 4 is 45.3 Å². The monoisotopic (exact) mass is 1300 g/mol. The molecule has 7 heteroatoms. The Kier molecular flexibility index (Phi) is 13.3. The van der Waals surface area contributed by atoms with Crippen LogP contribution in [0.4, 0.5) is 34.3 Å². The summed E-state index contributed by atoms with van der Waals surface area (Å²) in [6.07, 6.45) is 1.96. The summed E-state index contributed by atoms with van der Waals surface area (Å²) in [4.78, 5) is 10.0. The molecule has 2 aliphatic heterocycles. The van der Waals surface area contributed by atoms with Gasteiger partial charge in [0.1, 0.15) is 0 Å². The summed E-state index contributed by atoms with van der Waals surface area (Å²) in [5, 5.41) is 0. The van der Waals surface area contributed by atoms with Crippen molar-refractivity contribution in [3.8, 4) is 45.1 Å². The molecule has 0 N–H and O–H groups in total. The second kappa shape index (κ2) is 20.9. The molecule has 86 heavy (non-hydrogen) atoms. The minimum absolute atomic E-state index is 0.0228. The third-order valence-electron chi connectivity index (χ3n) is 17.5. The number of benzene rings is 10. The topological polar surface area (TPSA) is 38.5 Å². The van der Waals surface area contributed by atoms with E-state index >= 15 is 0 Å². The quantitative estimate of drug-likeness (QED) is 0.152.